The molecule has 1 N–H and O–H groups in total. The topological polar surface area (TPSA) is 50.2 Å². The number of hydrogen-bond donors (Lipinski definition) is 1. The van der Waals surface area contributed by atoms with E-state index in [1.807, 2.05) is 19.1 Å². The van der Waals surface area contributed by atoms with Crippen LogP contribution in [0.4, 0.5) is 0 Å². The Morgan fingerprint density at radius 3 is 3.07 bits per heavy atom. The van der Waals surface area contributed by atoms with Crippen LogP contribution in [0.25, 0.3) is 10.2 Å². The first-order valence-electron chi connectivity index (χ1n) is 4.22. The van der Waals surface area contributed by atoms with Crippen LogP contribution in [0, 0.1) is 6.92 Å². The van der Waals surface area contributed by atoms with Crippen molar-refractivity contribution in [2.75, 3.05) is 0 Å². The minimum atomic E-state index is -1.07. The minimum Gasteiger partial charge on any atom is -0.381 e. The maximum absolute atomic E-state index is 10.5. The van der Waals surface area contributed by atoms with Crippen molar-refractivity contribution in [1.29, 1.82) is 0 Å². The molecule has 1 aromatic heterocycles. The highest BCUT2D eigenvalue weighted by Crippen LogP contribution is 2.27. The molecule has 4 heteroatoms. The number of aliphatic hydroxyl groups excluding tert-OH is 1. The summed E-state index contributed by atoms with van der Waals surface area (Å²) in [6.07, 6.45) is -0.552. The van der Waals surface area contributed by atoms with E-state index in [2.05, 4.69) is 4.98 Å². The van der Waals surface area contributed by atoms with Gasteiger partial charge in [0.2, 0.25) is 0 Å². The van der Waals surface area contributed by atoms with E-state index in [9.17, 15) is 9.90 Å². The van der Waals surface area contributed by atoms with Crippen molar-refractivity contribution in [2.45, 2.75) is 13.0 Å². The van der Waals surface area contributed by atoms with Crippen molar-refractivity contribution in [3.63, 3.8) is 0 Å². The molecule has 0 aliphatic rings. The summed E-state index contributed by atoms with van der Waals surface area (Å²) >= 11 is 1.56. The largest absolute Gasteiger partial charge is 0.381 e. The molecule has 0 fully saturated rings. The number of nitrogens with zero attached hydrogens (tertiary/aromatic N) is 1. The smallest absolute Gasteiger partial charge is 0.153 e. The third kappa shape index (κ3) is 1.42. The molecule has 3 nitrogen and oxygen atoms in total. The summed E-state index contributed by atoms with van der Waals surface area (Å²) in [5.41, 5.74) is 1.32. The van der Waals surface area contributed by atoms with Gasteiger partial charge in [0.05, 0.1) is 15.2 Å². The van der Waals surface area contributed by atoms with Gasteiger partial charge < -0.3 is 9.90 Å². The maximum Gasteiger partial charge on any atom is 0.153 e. The number of hydrogen-bond acceptors (Lipinski definition) is 4. The zero-order valence-corrected chi connectivity index (χ0v) is 8.41. The molecule has 2 aromatic rings. The summed E-state index contributed by atoms with van der Waals surface area (Å²) in [5.74, 6) is 0. The average molecular weight is 207 g/mol. The van der Waals surface area contributed by atoms with Crippen LogP contribution in [0.3, 0.4) is 0 Å². The zero-order valence-electron chi connectivity index (χ0n) is 7.60. The van der Waals surface area contributed by atoms with Crippen LogP contribution >= 0.6 is 11.3 Å². The van der Waals surface area contributed by atoms with Crippen molar-refractivity contribution >= 4 is 27.8 Å². The Bertz CT molecular complexity index is 478. The third-order valence-electron chi connectivity index (χ3n) is 2.00. The molecule has 0 amide bonds. The first-order chi connectivity index (χ1) is 6.72. The molecular formula is C10H9NO2S. The van der Waals surface area contributed by atoms with Crippen LogP contribution in [0.15, 0.2) is 18.2 Å². The lowest BCUT2D eigenvalue weighted by molar-refractivity contribution is -0.115. The number of fused-ring (bicyclic) bond motifs is 1. The van der Waals surface area contributed by atoms with Crippen LogP contribution in [0.5, 0.6) is 0 Å². The van der Waals surface area contributed by atoms with E-state index in [0.717, 1.165) is 15.2 Å². The number of carbonyl (C=O) groups is 1. The van der Waals surface area contributed by atoms with Gasteiger partial charge in [0.15, 0.2) is 6.29 Å². The Kier molecular flexibility index (Phi) is 2.31. The van der Waals surface area contributed by atoms with Gasteiger partial charge in [0.25, 0.3) is 0 Å². The minimum absolute atomic E-state index is 0.517. The number of aryl methyl sites for hydroxylation is 1. The number of carbonyl (C=O) groups excluding carboxylic acids is 1. The van der Waals surface area contributed by atoms with Gasteiger partial charge in [0, 0.05) is 5.56 Å². The molecular weight excluding hydrogens is 198 g/mol. The summed E-state index contributed by atoms with van der Waals surface area (Å²) in [6, 6.07) is 5.48. The second-order valence-electron chi connectivity index (χ2n) is 3.01. The van der Waals surface area contributed by atoms with E-state index < -0.39 is 6.10 Å². The molecule has 0 aliphatic heterocycles. The highest BCUT2D eigenvalue weighted by Gasteiger charge is 2.12. The fourth-order valence-corrected chi connectivity index (χ4v) is 2.25. The van der Waals surface area contributed by atoms with Crippen LogP contribution < -0.4 is 0 Å². The molecule has 1 atom stereocenters. The van der Waals surface area contributed by atoms with Gasteiger partial charge in [-0.05, 0) is 13.0 Å². The van der Waals surface area contributed by atoms with Crippen LogP contribution in [-0.2, 0) is 4.79 Å². The van der Waals surface area contributed by atoms with Gasteiger partial charge in [-0.2, -0.15) is 0 Å². The molecule has 1 aromatic carbocycles. The SMILES string of the molecule is Cc1nc2c([C@H](O)C=O)cccc2s1. The number of aliphatic hydroxyl groups is 1. The lowest BCUT2D eigenvalue weighted by atomic mass is 10.1. The van der Waals surface area contributed by atoms with E-state index in [-0.39, 0.29) is 0 Å². The molecule has 0 radical (unpaired) electrons. The highest BCUT2D eigenvalue weighted by atomic mass is 32.1. The Morgan fingerprint density at radius 2 is 2.36 bits per heavy atom. The summed E-state index contributed by atoms with van der Waals surface area (Å²) in [7, 11) is 0. The van der Waals surface area contributed by atoms with Crippen molar-refractivity contribution in [2.24, 2.45) is 0 Å². The van der Waals surface area contributed by atoms with E-state index in [0.29, 0.717) is 11.8 Å². The summed E-state index contributed by atoms with van der Waals surface area (Å²) < 4.78 is 1.00. The first kappa shape index (κ1) is 9.30. The molecule has 0 aliphatic carbocycles. The Morgan fingerprint density at radius 1 is 1.57 bits per heavy atom. The maximum atomic E-state index is 10.5. The Labute approximate surface area is 85.0 Å². The van der Waals surface area contributed by atoms with Crippen molar-refractivity contribution < 1.29 is 9.90 Å². The van der Waals surface area contributed by atoms with E-state index in [1.54, 1.807) is 17.4 Å². The normalized spacial score (nSPS) is 13.0. The molecule has 2 rings (SSSR count). The third-order valence-corrected chi connectivity index (χ3v) is 2.94. The molecule has 1 heterocycles. The number of para-hydroxylation sites is 1. The van der Waals surface area contributed by atoms with Crippen molar-refractivity contribution in [1.82, 2.24) is 4.98 Å². The average Bonchev–Trinajstić information content (AvgIpc) is 2.56. The van der Waals surface area contributed by atoms with Gasteiger partial charge in [-0.25, -0.2) is 4.98 Å². The van der Waals surface area contributed by atoms with Crippen molar-refractivity contribution in [3.8, 4) is 0 Å². The Hall–Kier alpha value is -1.26. The zero-order chi connectivity index (χ0) is 10.1. The van der Waals surface area contributed by atoms with E-state index in [1.165, 1.54) is 0 Å². The highest BCUT2D eigenvalue weighted by molar-refractivity contribution is 7.18. The Balaban J connectivity index is 2.69. The van der Waals surface area contributed by atoms with Crippen molar-refractivity contribution in [3.05, 3.63) is 28.8 Å². The van der Waals surface area contributed by atoms with Gasteiger partial charge in [-0.15, -0.1) is 11.3 Å². The lowest BCUT2D eigenvalue weighted by Gasteiger charge is -2.02. The number of benzene rings is 1. The second kappa shape index (κ2) is 3.48. The van der Waals surface area contributed by atoms with Gasteiger partial charge in [-0.3, -0.25) is 0 Å². The van der Waals surface area contributed by atoms with E-state index >= 15 is 0 Å². The number of thiazole rings is 1. The fourth-order valence-electron chi connectivity index (χ4n) is 1.39. The molecule has 0 saturated carbocycles. The predicted molar refractivity (Wildman–Crippen MR) is 55.4 cm³/mol. The molecule has 0 saturated heterocycles. The summed E-state index contributed by atoms with van der Waals surface area (Å²) in [5, 5.41) is 10.4. The first-order valence-corrected chi connectivity index (χ1v) is 5.03. The molecule has 0 spiro atoms. The number of aldehydes is 1. The second-order valence-corrected chi connectivity index (χ2v) is 4.24. The molecule has 0 bridgehead atoms. The predicted octanol–water partition coefficient (Wildman–Crippen LogP) is 1.84. The van der Waals surface area contributed by atoms with Gasteiger partial charge in [0.1, 0.15) is 6.10 Å². The summed E-state index contributed by atoms with van der Waals surface area (Å²) in [6.45, 7) is 1.90. The number of aromatic nitrogens is 1. The quantitative estimate of drug-likeness (QED) is 0.764. The van der Waals surface area contributed by atoms with Gasteiger partial charge >= 0.3 is 0 Å². The molecule has 72 valence electrons. The van der Waals surface area contributed by atoms with Gasteiger partial charge in [-0.1, -0.05) is 12.1 Å². The summed E-state index contributed by atoms with van der Waals surface area (Å²) in [4.78, 5) is 14.8. The van der Waals surface area contributed by atoms with Crippen LogP contribution in [0.2, 0.25) is 0 Å². The molecule has 0 unspecified atom stereocenters. The monoisotopic (exact) mass is 207 g/mol. The molecule has 14 heavy (non-hydrogen) atoms. The van der Waals surface area contributed by atoms with Crippen LogP contribution in [-0.4, -0.2) is 16.4 Å². The lowest BCUT2D eigenvalue weighted by Crippen LogP contribution is -1.98. The van der Waals surface area contributed by atoms with Crippen LogP contribution in [0.1, 0.15) is 16.7 Å². The fraction of sp³-hybridized carbons (Fsp3) is 0.200. The van der Waals surface area contributed by atoms with E-state index in [4.69, 9.17) is 0 Å². The number of rotatable bonds is 2. The standard InChI is InChI=1S/C10H9NO2S/c1-6-11-10-7(8(13)5-12)3-2-4-9(10)14-6/h2-5,8,13H,1H3/t8-/m1/s1.